The van der Waals surface area contributed by atoms with Crippen molar-refractivity contribution in [3.05, 3.63) is 86.3 Å². The molecule has 0 amide bonds. The predicted octanol–water partition coefficient (Wildman–Crippen LogP) is 2.71. The summed E-state index contributed by atoms with van der Waals surface area (Å²) >= 11 is 1.20. The van der Waals surface area contributed by atoms with E-state index in [0.717, 1.165) is 5.56 Å². The summed E-state index contributed by atoms with van der Waals surface area (Å²) in [7, 11) is 0. The van der Waals surface area contributed by atoms with Gasteiger partial charge in [-0.05, 0) is 17.7 Å². The molecule has 9 heteroatoms. The number of fused-ring (bicyclic) bond motifs is 1. The molecule has 0 saturated carbocycles. The molecule has 0 atom stereocenters. The molecule has 0 unspecified atom stereocenters. The van der Waals surface area contributed by atoms with E-state index in [9.17, 15) is 14.9 Å². The summed E-state index contributed by atoms with van der Waals surface area (Å²) in [6.07, 6.45) is 0.375. The SMILES string of the molecule is O=c1c(Cc2ccccc2)nnc2sc(-c3ccc([N+](=O)[O-])cc3)nn12. The first kappa shape index (κ1) is 16.0. The first-order valence-corrected chi connectivity index (χ1v) is 8.47. The smallest absolute Gasteiger partial charge is 0.265 e. The number of hydrogen-bond acceptors (Lipinski definition) is 7. The van der Waals surface area contributed by atoms with Crippen LogP contribution < -0.4 is 5.56 Å². The van der Waals surface area contributed by atoms with Gasteiger partial charge in [0.15, 0.2) is 0 Å². The van der Waals surface area contributed by atoms with Crippen molar-refractivity contribution in [2.24, 2.45) is 0 Å². The predicted molar refractivity (Wildman–Crippen MR) is 96.3 cm³/mol. The van der Waals surface area contributed by atoms with Crippen LogP contribution in [0.25, 0.3) is 15.5 Å². The third-order valence-electron chi connectivity index (χ3n) is 3.79. The number of aromatic nitrogens is 4. The van der Waals surface area contributed by atoms with Gasteiger partial charge in [-0.25, -0.2) is 0 Å². The maximum absolute atomic E-state index is 12.6. The summed E-state index contributed by atoms with van der Waals surface area (Å²) in [6, 6.07) is 15.5. The molecule has 0 aliphatic carbocycles. The Bertz CT molecular complexity index is 1150. The van der Waals surface area contributed by atoms with Crippen molar-refractivity contribution in [3.8, 4) is 10.6 Å². The van der Waals surface area contributed by atoms with Crippen LogP contribution in [0, 0.1) is 10.1 Å². The van der Waals surface area contributed by atoms with E-state index in [1.165, 1.54) is 28.0 Å². The minimum Gasteiger partial charge on any atom is -0.265 e. The summed E-state index contributed by atoms with van der Waals surface area (Å²) in [6.45, 7) is 0. The quantitative estimate of drug-likeness (QED) is 0.407. The number of nitro benzene ring substituents is 1. The van der Waals surface area contributed by atoms with Crippen molar-refractivity contribution in [2.75, 3.05) is 0 Å². The van der Waals surface area contributed by atoms with E-state index in [1.54, 1.807) is 12.1 Å². The Balaban J connectivity index is 1.72. The first-order chi connectivity index (χ1) is 12.6. The van der Waals surface area contributed by atoms with Gasteiger partial charge in [-0.1, -0.05) is 41.7 Å². The van der Waals surface area contributed by atoms with Crippen molar-refractivity contribution in [3.63, 3.8) is 0 Å². The van der Waals surface area contributed by atoms with Crippen LogP contribution in [0.4, 0.5) is 5.69 Å². The number of benzene rings is 2. The monoisotopic (exact) mass is 365 g/mol. The van der Waals surface area contributed by atoms with Gasteiger partial charge in [-0.3, -0.25) is 14.9 Å². The summed E-state index contributed by atoms with van der Waals surface area (Å²) in [5, 5.41) is 23.7. The highest BCUT2D eigenvalue weighted by molar-refractivity contribution is 7.19. The molecule has 0 N–H and O–H groups in total. The minimum absolute atomic E-state index is 0.00281. The van der Waals surface area contributed by atoms with E-state index in [4.69, 9.17) is 0 Å². The first-order valence-electron chi connectivity index (χ1n) is 7.66. The van der Waals surface area contributed by atoms with Crippen LogP contribution in [0.15, 0.2) is 59.4 Å². The van der Waals surface area contributed by atoms with Gasteiger partial charge in [0.2, 0.25) is 4.96 Å². The maximum atomic E-state index is 12.6. The molecule has 8 nitrogen and oxygen atoms in total. The lowest BCUT2D eigenvalue weighted by molar-refractivity contribution is -0.384. The van der Waals surface area contributed by atoms with Crippen molar-refractivity contribution < 1.29 is 4.92 Å². The lowest BCUT2D eigenvalue weighted by atomic mass is 10.1. The van der Waals surface area contributed by atoms with Crippen LogP contribution in [0.3, 0.4) is 0 Å². The molecule has 0 fully saturated rings. The molecule has 0 bridgehead atoms. The third kappa shape index (κ3) is 2.95. The van der Waals surface area contributed by atoms with E-state index in [2.05, 4.69) is 15.3 Å². The second kappa shape index (κ2) is 6.45. The van der Waals surface area contributed by atoms with Gasteiger partial charge < -0.3 is 0 Å². The van der Waals surface area contributed by atoms with Crippen LogP contribution in [-0.2, 0) is 6.42 Å². The third-order valence-corrected chi connectivity index (χ3v) is 4.74. The van der Waals surface area contributed by atoms with E-state index < -0.39 is 4.92 Å². The Hall–Kier alpha value is -3.46. The van der Waals surface area contributed by atoms with Crippen LogP contribution >= 0.6 is 11.3 Å². The van der Waals surface area contributed by atoms with Gasteiger partial charge in [0, 0.05) is 24.1 Å². The summed E-state index contributed by atoms with van der Waals surface area (Å²) in [5.74, 6) is 0. The zero-order chi connectivity index (χ0) is 18.1. The minimum atomic E-state index is -0.464. The maximum Gasteiger partial charge on any atom is 0.297 e. The highest BCUT2D eigenvalue weighted by Crippen LogP contribution is 2.25. The van der Waals surface area contributed by atoms with E-state index in [0.29, 0.717) is 27.6 Å². The molecule has 0 aliphatic rings. The van der Waals surface area contributed by atoms with Crippen LogP contribution in [0.1, 0.15) is 11.3 Å². The van der Waals surface area contributed by atoms with Gasteiger partial charge in [0.05, 0.1) is 4.92 Å². The molecule has 2 aromatic carbocycles. The van der Waals surface area contributed by atoms with Crippen molar-refractivity contribution in [1.29, 1.82) is 0 Å². The zero-order valence-electron chi connectivity index (χ0n) is 13.3. The fourth-order valence-corrected chi connectivity index (χ4v) is 3.33. The van der Waals surface area contributed by atoms with E-state index in [-0.39, 0.29) is 11.2 Å². The topological polar surface area (TPSA) is 103 Å². The molecular weight excluding hydrogens is 354 g/mol. The molecule has 2 aromatic heterocycles. The molecule has 2 heterocycles. The number of hydrogen-bond donors (Lipinski definition) is 0. The molecule has 26 heavy (non-hydrogen) atoms. The molecule has 4 aromatic rings. The highest BCUT2D eigenvalue weighted by atomic mass is 32.1. The lowest BCUT2D eigenvalue weighted by Gasteiger charge is -1.99. The largest absolute Gasteiger partial charge is 0.297 e. The fraction of sp³-hybridized carbons (Fsp3) is 0.0588. The number of nitrogens with zero attached hydrogens (tertiary/aromatic N) is 5. The lowest BCUT2D eigenvalue weighted by Crippen LogP contribution is -2.22. The average Bonchev–Trinajstić information content (AvgIpc) is 3.10. The van der Waals surface area contributed by atoms with Gasteiger partial charge in [0.1, 0.15) is 10.7 Å². The summed E-state index contributed by atoms with van der Waals surface area (Å²) in [4.78, 5) is 23.3. The summed E-state index contributed by atoms with van der Waals surface area (Å²) < 4.78 is 1.23. The van der Waals surface area contributed by atoms with Gasteiger partial charge in [-0.15, -0.1) is 10.2 Å². The fourth-order valence-electron chi connectivity index (χ4n) is 2.49. The highest BCUT2D eigenvalue weighted by Gasteiger charge is 2.14. The Morgan fingerprint density at radius 2 is 1.77 bits per heavy atom. The molecular formula is C17H11N5O3S. The van der Waals surface area contributed by atoms with Crippen LogP contribution in [0.5, 0.6) is 0 Å². The Kier molecular flexibility index (Phi) is 3.98. The number of nitro groups is 1. The molecule has 0 saturated heterocycles. The van der Waals surface area contributed by atoms with Crippen LogP contribution in [-0.4, -0.2) is 24.7 Å². The Labute approximate surface area is 150 Å². The van der Waals surface area contributed by atoms with Gasteiger partial charge >= 0.3 is 0 Å². The second-order valence-corrected chi connectivity index (χ2v) is 6.48. The van der Waals surface area contributed by atoms with Crippen molar-refractivity contribution in [1.82, 2.24) is 19.8 Å². The molecule has 0 radical (unpaired) electrons. The number of non-ortho nitro benzene ring substituents is 1. The standard InChI is InChI=1S/C17H11N5O3S/c23-16-14(10-11-4-2-1-3-5-11)18-19-17-21(16)20-15(26-17)12-6-8-13(9-7-12)22(24)25/h1-9H,10H2. The van der Waals surface area contributed by atoms with Crippen LogP contribution in [0.2, 0.25) is 0 Å². The molecule has 128 valence electrons. The molecule has 0 spiro atoms. The average molecular weight is 365 g/mol. The van der Waals surface area contributed by atoms with E-state index in [1.807, 2.05) is 30.3 Å². The molecule has 0 aliphatic heterocycles. The van der Waals surface area contributed by atoms with Gasteiger partial charge in [0.25, 0.3) is 11.2 Å². The second-order valence-electron chi connectivity index (χ2n) is 5.52. The Morgan fingerprint density at radius 3 is 2.46 bits per heavy atom. The normalized spacial score (nSPS) is 10.9. The molecule has 4 rings (SSSR count). The van der Waals surface area contributed by atoms with Crippen molar-refractivity contribution in [2.45, 2.75) is 6.42 Å². The zero-order valence-corrected chi connectivity index (χ0v) is 14.1. The Morgan fingerprint density at radius 1 is 1.04 bits per heavy atom. The number of rotatable bonds is 4. The van der Waals surface area contributed by atoms with Gasteiger partial charge in [-0.2, -0.15) is 9.61 Å². The van der Waals surface area contributed by atoms with Crippen molar-refractivity contribution >= 4 is 22.0 Å². The summed E-state index contributed by atoms with van der Waals surface area (Å²) in [5.41, 5.74) is 1.63. The van der Waals surface area contributed by atoms with E-state index >= 15 is 0 Å².